The van der Waals surface area contributed by atoms with E-state index in [1.165, 1.54) is 6.07 Å². The molecule has 3 rings (SSSR count). The van der Waals surface area contributed by atoms with Crippen LogP contribution in [-0.2, 0) is 16.4 Å². The van der Waals surface area contributed by atoms with Gasteiger partial charge in [0.05, 0.1) is 0 Å². The molecule has 0 amide bonds. The van der Waals surface area contributed by atoms with Crippen LogP contribution in [0.5, 0.6) is 0 Å². The number of fused-ring (bicyclic) bond motifs is 1. The second-order valence-corrected chi connectivity index (χ2v) is 7.59. The normalized spacial score (nSPS) is 17.7. The van der Waals surface area contributed by atoms with Crippen molar-refractivity contribution in [2.75, 3.05) is 5.73 Å². The van der Waals surface area contributed by atoms with Crippen LogP contribution in [0.4, 0.5) is 10.1 Å². The Kier molecular flexibility index (Phi) is 4.12. The lowest BCUT2D eigenvalue weighted by molar-refractivity contribution is 0.501. The Labute approximate surface area is 135 Å². The van der Waals surface area contributed by atoms with Crippen molar-refractivity contribution >= 4 is 15.7 Å². The molecule has 0 radical (unpaired) electrons. The van der Waals surface area contributed by atoms with Crippen LogP contribution in [0.1, 0.15) is 35.6 Å². The molecule has 0 bridgehead atoms. The van der Waals surface area contributed by atoms with Crippen LogP contribution in [0.15, 0.2) is 41.3 Å². The number of sulfonamides is 1. The molecule has 6 heteroatoms. The molecule has 0 saturated heterocycles. The van der Waals surface area contributed by atoms with E-state index in [-0.39, 0.29) is 10.9 Å². The first-order valence-electron chi connectivity index (χ1n) is 7.54. The lowest BCUT2D eigenvalue weighted by Gasteiger charge is -2.26. The van der Waals surface area contributed by atoms with Gasteiger partial charge in [-0.3, -0.25) is 0 Å². The van der Waals surface area contributed by atoms with Crippen LogP contribution in [-0.4, -0.2) is 8.42 Å². The van der Waals surface area contributed by atoms with Gasteiger partial charge in [0.2, 0.25) is 10.0 Å². The van der Waals surface area contributed by atoms with Crippen molar-refractivity contribution in [1.29, 1.82) is 0 Å². The van der Waals surface area contributed by atoms with Gasteiger partial charge in [-0.05, 0) is 61.1 Å². The molecule has 23 heavy (non-hydrogen) atoms. The highest BCUT2D eigenvalue weighted by molar-refractivity contribution is 7.89. The molecule has 1 atom stereocenters. The Morgan fingerprint density at radius 2 is 2.04 bits per heavy atom. The molecule has 1 unspecified atom stereocenters. The second-order valence-electron chi connectivity index (χ2n) is 5.91. The quantitative estimate of drug-likeness (QED) is 0.847. The minimum absolute atomic E-state index is 0.305. The number of rotatable bonds is 3. The first kappa shape index (κ1) is 16.0. The molecule has 1 aliphatic carbocycles. The molecule has 2 aromatic carbocycles. The number of nitrogens with two attached hydrogens (primary N) is 1. The third kappa shape index (κ3) is 3.09. The van der Waals surface area contributed by atoms with Gasteiger partial charge in [-0.2, -0.15) is 0 Å². The molecule has 122 valence electrons. The summed E-state index contributed by atoms with van der Waals surface area (Å²) in [4.78, 5) is -0.305. The van der Waals surface area contributed by atoms with Crippen LogP contribution in [0.25, 0.3) is 0 Å². The van der Waals surface area contributed by atoms with Crippen LogP contribution in [0.3, 0.4) is 0 Å². The minimum Gasteiger partial charge on any atom is -0.399 e. The van der Waals surface area contributed by atoms with Crippen LogP contribution in [0.2, 0.25) is 0 Å². The Bertz CT molecular complexity index is 850. The van der Waals surface area contributed by atoms with Gasteiger partial charge in [-0.15, -0.1) is 0 Å². The third-order valence-electron chi connectivity index (χ3n) is 4.22. The van der Waals surface area contributed by atoms with Gasteiger partial charge in [0, 0.05) is 11.7 Å². The highest BCUT2D eigenvalue weighted by atomic mass is 32.2. The first-order chi connectivity index (χ1) is 10.9. The molecule has 1 aliphatic rings. The summed E-state index contributed by atoms with van der Waals surface area (Å²) in [7, 11) is -3.92. The number of hydrogen-bond acceptors (Lipinski definition) is 3. The Morgan fingerprint density at radius 1 is 1.26 bits per heavy atom. The van der Waals surface area contributed by atoms with E-state index in [2.05, 4.69) is 4.72 Å². The fourth-order valence-electron chi connectivity index (χ4n) is 3.04. The topological polar surface area (TPSA) is 72.2 Å². The lowest BCUT2D eigenvalue weighted by Crippen LogP contribution is -2.31. The molecule has 2 aromatic rings. The first-order valence-corrected chi connectivity index (χ1v) is 9.02. The minimum atomic E-state index is -3.92. The maximum atomic E-state index is 14.2. The van der Waals surface area contributed by atoms with Gasteiger partial charge in [0.25, 0.3) is 0 Å². The van der Waals surface area contributed by atoms with Crippen molar-refractivity contribution in [3.8, 4) is 0 Å². The summed E-state index contributed by atoms with van der Waals surface area (Å²) in [6.07, 6.45) is 2.42. The van der Waals surface area contributed by atoms with Gasteiger partial charge in [0.15, 0.2) is 0 Å². The second kappa shape index (κ2) is 5.94. The van der Waals surface area contributed by atoms with Crippen molar-refractivity contribution in [3.05, 3.63) is 58.9 Å². The molecule has 0 fully saturated rings. The number of hydrogen-bond donors (Lipinski definition) is 2. The van der Waals surface area contributed by atoms with Gasteiger partial charge in [-0.1, -0.05) is 18.2 Å². The van der Waals surface area contributed by atoms with Crippen LogP contribution < -0.4 is 10.5 Å². The van der Waals surface area contributed by atoms with E-state index in [1.807, 2.05) is 12.1 Å². The van der Waals surface area contributed by atoms with Gasteiger partial charge in [0.1, 0.15) is 10.7 Å². The molecule has 0 spiro atoms. The van der Waals surface area contributed by atoms with Gasteiger partial charge >= 0.3 is 0 Å². The maximum Gasteiger partial charge on any atom is 0.244 e. The smallest absolute Gasteiger partial charge is 0.244 e. The number of anilines is 1. The largest absolute Gasteiger partial charge is 0.399 e. The summed E-state index contributed by atoms with van der Waals surface area (Å²) in [6, 6.07) is 9.52. The van der Waals surface area contributed by atoms with E-state index < -0.39 is 15.8 Å². The SMILES string of the molecule is Cc1cccc(S(=O)(=O)NC2CCCc3cc(N)ccc32)c1F. The van der Waals surface area contributed by atoms with Gasteiger partial charge < -0.3 is 5.73 Å². The molecule has 0 aliphatic heterocycles. The third-order valence-corrected chi connectivity index (χ3v) is 5.71. The van der Waals surface area contributed by atoms with Crippen molar-refractivity contribution < 1.29 is 12.8 Å². The van der Waals surface area contributed by atoms with E-state index in [1.54, 1.807) is 25.1 Å². The summed E-state index contributed by atoms with van der Waals surface area (Å²) in [5, 5.41) is 0. The van der Waals surface area contributed by atoms with Crippen molar-refractivity contribution in [2.24, 2.45) is 0 Å². The average Bonchev–Trinajstić information content (AvgIpc) is 2.49. The number of aryl methyl sites for hydroxylation is 2. The highest BCUT2D eigenvalue weighted by Gasteiger charge is 2.27. The van der Waals surface area contributed by atoms with Gasteiger partial charge in [-0.25, -0.2) is 17.5 Å². The highest BCUT2D eigenvalue weighted by Crippen LogP contribution is 2.32. The van der Waals surface area contributed by atoms with Crippen LogP contribution in [0, 0.1) is 12.7 Å². The number of halogens is 1. The molecule has 0 saturated carbocycles. The fraction of sp³-hybridized carbons (Fsp3) is 0.294. The number of nitrogen functional groups attached to an aromatic ring is 1. The predicted octanol–water partition coefficient (Wildman–Crippen LogP) is 3.07. The summed E-state index contributed by atoms with van der Waals surface area (Å²) in [5.74, 6) is -0.701. The molecular weight excluding hydrogens is 315 g/mol. The average molecular weight is 334 g/mol. The molecule has 0 heterocycles. The Morgan fingerprint density at radius 3 is 2.83 bits per heavy atom. The maximum absolute atomic E-state index is 14.2. The monoisotopic (exact) mass is 334 g/mol. The predicted molar refractivity (Wildman–Crippen MR) is 88.0 cm³/mol. The van der Waals surface area contributed by atoms with Crippen LogP contribution >= 0.6 is 0 Å². The standard InChI is InChI=1S/C17H19FN2O2S/c1-11-4-2-7-16(17(11)18)23(21,22)20-15-6-3-5-12-10-13(19)8-9-14(12)15/h2,4,7-10,15,20H,3,5-6,19H2,1H3. The zero-order chi connectivity index (χ0) is 16.6. The molecule has 3 N–H and O–H groups in total. The molecular formula is C17H19FN2O2S. The van der Waals surface area contributed by atoms with E-state index in [0.717, 1.165) is 24.0 Å². The van der Waals surface area contributed by atoms with Crippen molar-refractivity contribution in [3.63, 3.8) is 0 Å². The van der Waals surface area contributed by atoms with E-state index in [4.69, 9.17) is 5.73 Å². The zero-order valence-corrected chi connectivity index (χ0v) is 13.7. The Balaban J connectivity index is 1.95. The summed E-state index contributed by atoms with van der Waals surface area (Å²) in [6.45, 7) is 1.55. The fourth-order valence-corrected chi connectivity index (χ4v) is 4.44. The molecule has 0 aromatic heterocycles. The Hall–Kier alpha value is -1.92. The van der Waals surface area contributed by atoms with Crippen molar-refractivity contribution in [2.45, 2.75) is 37.1 Å². The number of nitrogens with one attached hydrogen (secondary N) is 1. The lowest BCUT2D eigenvalue weighted by atomic mass is 9.88. The van der Waals surface area contributed by atoms with E-state index in [9.17, 15) is 12.8 Å². The molecule has 4 nitrogen and oxygen atoms in total. The summed E-state index contributed by atoms with van der Waals surface area (Å²) < 4.78 is 42.0. The van der Waals surface area contributed by atoms with Crippen molar-refractivity contribution in [1.82, 2.24) is 4.72 Å². The number of benzene rings is 2. The van der Waals surface area contributed by atoms with E-state index in [0.29, 0.717) is 17.7 Å². The zero-order valence-electron chi connectivity index (χ0n) is 12.8. The van der Waals surface area contributed by atoms with E-state index >= 15 is 0 Å². The summed E-state index contributed by atoms with van der Waals surface area (Å²) >= 11 is 0. The summed E-state index contributed by atoms with van der Waals surface area (Å²) in [5.41, 5.74) is 8.74.